The standard InChI is InChI=1S/C22H25BrN4O4S/c1-15-5-8-18(9-6-15)32(28,29)26-21-22(25-20(23)12-24-21)31-14-16-7-10-19(30-4)17(11-16)13-27(2)3/h5-12H,13-14H2,1-4H3,(H,24,26). The number of aromatic nitrogens is 2. The maximum atomic E-state index is 12.8. The summed E-state index contributed by atoms with van der Waals surface area (Å²) in [5.74, 6) is 0.868. The van der Waals surface area contributed by atoms with Crippen LogP contribution in [-0.4, -0.2) is 44.5 Å². The molecule has 10 heteroatoms. The Kier molecular flexibility index (Phi) is 7.70. The zero-order valence-corrected chi connectivity index (χ0v) is 20.7. The Labute approximate surface area is 196 Å². The number of methoxy groups -OCH3 is 1. The van der Waals surface area contributed by atoms with Crippen LogP contribution in [0.15, 0.2) is 58.2 Å². The predicted octanol–water partition coefficient (Wildman–Crippen LogP) is 4.00. The van der Waals surface area contributed by atoms with Crippen molar-refractivity contribution in [3.8, 4) is 11.6 Å². The van der Waals surface area contributed by atoms with E-state index >= 15 is 0 Å². The van der Waals surface area contributed by atoms with Crippen LogP contribution in [-0.2, 0) is 23.2 Å². The predicted molar refractivity (Wildman–Crippen MR) is 126 cm³/mol. The van der Waals surface area contributed by atoms with Crippen LogP contribution in [0.1, 0.15) is 16.7 Å². The molecule has 3 rings (SSSR count). The monoisotopic (exact) mass is 520 g/mol. The lowest BCUT2D eigenvalue weighted by atomic mass is 10.1. The number of halogens is 1. The normalized spacial score (nSPS) is 11.4. The molecule has 8 nitrogen and oxygen atoms in total. The van der Waals surface area contributed by atoms with Crippen molar-refractivity contribution in [2.45, 2.75) is 25.0 Å². The van der Waals surface area contributed by atoms with Crippen LogP contribution in [0.3, 0.4) is 0 Å². The van der Waals surface area contributed by atoms with E-state index in [-0.39, 0.29) is 23.2 Å². The molecule has 0 bridgehead atoms. The molecule has 0 unspecified atom stereocenters. The molecule has 0 aliphatic rings. The maximum absolute atomic E-state index is 12.8. The molecule has 170 valence electrons. The zero-order valence-electron chi connectivity index (χ0n) is 18.3. The number of hydrogen-bond donors (Lipinski definition) is 1. The molecule has 0 aliphatic carbocycles. The SMILES string of the molecule is COc1ccc(COc2nc(Br)cnc2NS(=O)(=O)c2ccc(C)cc2)cc1CN(C)C. The smallest absolute Gasteiger partial charge is 0.263 e. The molecule has 32 heavy (non-hydrogen) atoms. The lowest BCUT2D eigenvalue weighted by molar-refractivity contribution is 0.293. The van der Waals surface area contributed by atoms with Crippen LogP contribution in [0.2, 0.25) is 0 Å². The van der Waals surface area contributed by atoms with Gasteiger partial charge in [0.05, 0.1) is 18.2 Å². The van der Waals surface area contributed by atoms with E-state index in [1.165, 1.54) is 18.3 Å². The summed E-state index contributed by atoms with van der Waals surface area (Å²) in [6.45, 7) is 2.77. The third kappa shape index (κ3) is 6.18. The third-order valence-electron chi connectivity index (χ3n) is 4.48. The summed E-state index contributed by atoms with van der Waals surface area (Å²) in [4.78, 5) is 10.6. The molecule has 3 aromatic rings. The van der Waals surface area contributed by atoms with Gasteiger partial charge in [-0.25, -0.2) is 18.4 Å². The number of nitrogens with zero attached hydrogens (tertiary/aromatic N) is 3. The number of sulfonamides is 1. The zero-order chi connectivity index (χ0) is 23.3. The van der Waals surface area contributed by atoms with E-state index < -0.39 is 10.0 Å². The quantitative estimate of drug-likeness (QED) is 0.455. The molecule has 0 atom stereocenters. The first-order valence-electron chi connectivity index (χ1n) is 9.73. The first-order chi connectivity index (χ1) is 15.2. The Morgan fingerprint density at radius 1 is 1.12 bits per heavy atom. The molecule has 1 N–H and O–H groups in total. The minimum Gasteiger partial charge on any atom is -0.496 e. The minimum absolute atomic E-state index is 0.0100. The summed E-state index contributed by atoms with van der Waals surface area (Å²) < 4.78 is 39.7. The van der Waals surface area contributed by atoms with Crippen LogP contribution >= 0.6 is 15.9 Å². The van der Waals surface area contributed by atoms with Crippen molar-refractivity contribution in [1.82, 2.24) is 14.9 Å². The average Bonchev–Trinajstić information content (AvgIpc) is 2.74. The summed E-state index contributed by atoms with van der Waals surface area (Å²) in [7, 11) is 1.74. The second-order valence-corrected chi connectivity index (χ2v) is 9.93. The first-order valence-corrected chi connectivity index (χ1v) is 12.0. The van der Waals surface area contributed by atoms with E-state index in [4.69, 9.17) is 9.47 Å². The van der Waals surface area contributed by atoms with Crippen molar-refractivity contribution in [3.05, 3.63) is 70.0 Å². The number of anilines is 1. The lowest BCUT2D eigenvalue weighted by Crippen LogP contribution is -2.15. The molecule has 2 aromatic carbocycles. The van der Waals surface area contributed by atoms with Gasteiger partial charge in [0, 0.05) is 12.1 Å². The Morgan fingerprint density at radius 3 is 2.50 bits per heavy atom. The summed E-state index contributed by atoms with van der Waals surface area (Å²) in [5.41, 5.74) is 2.86. The number of rotatable bonds is 9. The highest BCUT2D eigenvalue weighted by molar-refractivity contribution is 9.10. The van der Waals surface area contributed by atoms with Crippen LogP contribution in [0.5, 0.6) is 11.6 Å². The number of aryl methyl sites for hydroxylation is 1. The van der Waals surface area contributed by atoms with Gasteiger partial charge in [-0.15, -0.1) is 0 Å². The fourth-order valence-electron chi connectivity index (χ4n) is 2.96. The molecule has 0 radical (unpaired) electrons. The number of benzene rings is 2. The molecule has 1 aromatic heterocycles. The topological polar surface area (TPSA) is 93.6 Å². The first kappa shape index (κ1) is 24.0. The fraction of sp³-hybridized carbons (Fsp3) is 0.273. The van der Waals surface area contributed by atoms with Gasteiger partial charge in [-0.1, -0.05) is 23.8 Å². The summed E-state index contributed by atoms with van der Waals surface area (Å²) >= 11 is 3.26. The second kappa shape index (κ2) is 10.3. The lowest BCUT2D eigenvalue weighted by Gasteiger charge is -2.16. The van der Waals surface area contributed by atoms with Crippen molar-refractivity contribution in [3.63, 3.8) is 0 Å². The van der Waals surface area contributed by atoms with E-state index in [0.717, 1.165) is 22.4 Å². The Bertz CT molecular complexity index is 1190. The van der Waals surface area contributed by atoms with Crippen molar-refractivity contribution in [1.29, 1.82) is 0 Å². The van der Waals surface area contributed by atoms with Gasteiger partial charge in [0.1, 0.15) is 17.0 Å². The Balaban J connectivity index is 1.82. The Hall–Kier alpha value is -2.69. The number of ether oxygens (including phenoxy) is 2. The van der Waals surface area contributed by atoms with E-state index in [1.54, 1.807) is 19.2 Å². The highest BCUT2D eigenvalue weighted by Gasteiger charge is 2.19. The second-order valence-electron chi connectivity index (χ2n) is 7.44. The van der Waals surface area contributed by atoms with Crippen LogP contribution in [0.25, 0.3) is 0 Å². The van der Waals surface area contributed by atoms with Gasteiger partial charge >= 0.3 is 0 Å². The van der Waals surface area contributed by atoms with Crippen LogP contribution in [0.4, 0.5) is 5.82 Å². The van der Waals surface area contributed by atoms with Gasteiger partial charge in [-0.2, -0.15) is 0 Å². The van der Waals surface area contributed by atoms with Crippen molar-refractivity contribution < 1.29 is 17.9 Å². The van der Waals surface area contributed by atoms with E-state index in [9.17, 15) is 8.42 Å². The molecule has 0 amide bonds. The van der Waals surface area contributed by atoms with E-state index in [2.05, 4.69) is 30.6 Å². The van der Waals surface area contributed by atoms with Gasteiger partial charge < -0.3 is 14.4 Å². The fourth-order valence-corrected chi connectivity index (χ4v) is 4.23. The summed E-state index contributed by atoms with van der Waals surface area (Å²) in [6, 6.07) is 12.3. The van der Waals surface area contributed by atoms with Crippen LogP contribution < -0.4 is 14.2 Å². The van der Waals surface area contributed by atoms with Crippen LogP contribution in [0, 0.1) is 6.92 Å². The van der Waals surface area contributed by atoms with Crippen molar-refractivity contribution >= 4 is 31.8 Å². The van der Waals surface area contributed by atoms with Crippen molar-refractivity contribution in [2.75, 3.05) is 25.9 Å². The molecule has 0 spiro atoms. The molecular formula is C22H25BrN4O4S. The number of nitrogens with one attached hydrogen (secondary N) is 1. The Morgan fingerprint density at radius 2 is 1.84 bits per heavy atom. The minimum atomic E-state index is -3.85. The van der Waals surface area contributed by atoms with Gasteiger partial charge in [0.25, 0.3) is 15.9 Å². The highest BCUT2D eigenvalue weighted by atomic mass is 79.9. The summed E-state index contributed by atoms with van der Waals surface area (Å²) in [5, 5.41) is 0. The summed E-state index contributed by atoms with van der Waals surface area (Å²) in [6.07, 6.45) is 1.41. The van der Waals surface area contributed by atoms with Crippen molar-refractivity contribution in [2.24, 2.45) is 0 Å². The van der Waals surface area contributed by atoms with E-state index in [0.29, 0.717) is 11.1 Å². The molecular weight excluding hydrogens is 496 g/mol. The average molecular weight is 521 g/mol. The molecule has 1 heterocycles. The molecule has 0 fully saturated rings. The largest absolute Gasteiger partial charge is 0.496 e. The third-order valence-corrected chi connectivity index (χ3v) is 6.22. The number of hydrogen-bond acceptors (Lipinski definition) is 7. The maximum Gasteiger partial charge on any atom is 0.263 e. The van der Waals surface area contributed by atoms with Gasteiger partial charge in [-0.3, -0.25) is 4.72 Å². The van der Waals surface area contributed by atoms with Gasteiger partial charge in [0.2, 0.25) is 5.82 Å². The molecule has 0 saturated heterocycles. The highest BCUT2D eigenvalue weighted by Crippen LogP contribution is 2.27. The molecule has 0 aliphatic heterocycles. The van der Waals surface area contributed by atoms with E-state index in [1.807, 2.05) is 44.1 Å². The van der Waals surface area contributed by atoms with Gasteiger partial charge in [-0.05, 0) is 66.8 Å². The van der Waals surface area contributed by atoms with Gasteiger partial charge in [0.15, 0.2) is 0 Å². The molecule has 0 saturated carbocycles.